The Bertz CT molecular complexity index is 507. The van der Waals surface area contributed by atoms with E-state index in [1.807, 2.05) is 11.5 Å². The van der Waals surface area contributed by atoms with Gasteiger partial charge in [-0.1, -0.05) is 15.9 Å². The molecule has 0 fully saturated rings. The predicted octanol–water partition coefficient (Wildman–Crippen LogP) is 2.89. The Kier molecular flexibility index (Phi) is 3.59. The number of nitrogens with zero attached hydrogens (tertiary/aromatic N) is 2. The molecule has 5 heteroatoms. The third-order valence-electron chi connectivity index (χ3n) is 2.53. The first-order chi connectivity index (χ1) is 8.11. The van der Waals surface area contributed by atoms with Crippen LogP contribution in [0, 0.1) is 5.82 Å². The SMILES string of the molecule is CCn1ccnc1C(O)c1cc(F)cc(Br)c1. The Hall–Kier alpha value is -1.20. The molecule has 0 saturated carbocycles. The summed E-state index contributed by atoms with van der Waals surface area (Å²) < 4.78 is 15.7. The molecule has 1 aromatic carbocycles. The molecule has 1 N–H and O–H groups in total. The van der Waals surface area contributed by atoms with Gasteiger partial charge in [-0.05, 0) is 30.7 Å². The van der Waals surface area contributed by atoms with Crippen LogP contribution in [0.1, 0.15) is 24.4 Å². The molecular weight excluding hydrogens is 287 g/mol. The van der Waals surface area contributed by atoms with Crippen molar-refractivity contribution >= 4 is 15.9 Å². The van der Waals surface area contributed by atoms with E-state index in [1.54, 1.807) is 18.5 Å². The Morgan fingerprint density at radius 2 is 2.24 bits per heavy atom. The molecule has 0 aliphatic rings. The molecule has 0 aliphatic carbocycles. The number of aliphatic hydroxyl groups excluding tert-OH is 1. The summed E-state index contributed by atoms with van der Waals surface area (Å²) in [5.74, 6) is 0.132. The molecule has 3 nitrogen and oxygen atoms in total. The van der Waals surface area contributed by atoms with Crippen molar-refractivity contribution in [1.82, 2.24) is 9.55 Å². The van der Waals surface area contributed by atoms with Gasteiger partial charge in [0.15, 0.2) is 0 Å². The number of halogens is 2. The Labute approximate surface area is 107 Å². The van der Waals surface area contributed by atoms with Gasteiger partial charge in [0.25, 0.3) is 0 Å². The summed E-state index contributed by atoms with van der Waals surface area (Å²) in [5.41, 5.74) is 0.484. The zero-order chi connectivity index (χ0) is 12.4. The van der Waals surface area contributed by atoms with E-state index in [2.05, 4.69) is 20.9 Å². The monoisotopic (exact) mass is 298 g/mol. The highest BCUT2D eigenvalue weighted by Crippen LogP contribution is 2.24. The Morgan fingerprint density at radius 3 is 2.88 bits per heavy atom. The molecule has 0 bridgehead atoms. The standard InChI is InChI=1S/C12H12BrFN2O/c1-2-16-4-3-15-12(16)11(17)8-5-9(13)7-10(14)6-8/h3-7,11,17H,2H2,1H3. The summed E-state index contributed by atoms with van der Waals surface area (Å²) in [4.78, 5) is 4.10. The van der Waals surface area contributed by atoms with Crippen molar-refractivity contribution < 1.29 is 9.50 Å². The second-order valence-corrected chi connectivity index (χ2v) is 4.59. The molecule has 0 spiro atoms. The number of aromatic nitrogens is 2. The molecule has 1 aromatic heterocycles. The van der Waals surface area contributed by atoms with Crippen molar-refractivity contribution in [2.45, 2.75) is 19.6 Å². The van der Waals surface area contributed by atoms with Gasteiger partial charge in [0.2, 0.25) is 0 Å². The normalized spacial score (nSPS) is 12.7. The van der Waals surface area contributed by atoms with Crippen molar-refractivity contribution in [3.8, 4) is 0 Å². The Morgan fingerprint density at radius 1 is 1.47 bits per heavy atom. The number of benzene rings is 1. The van der Waals surface area contributed by atoms with E-state index in [1.165, 1.54) is 12.1 Å². The van der Waals surface area contributed by atoms with E-state index in [9.17, 15) is 9.50 Å². The van der Waals surface area contributed by atoms with Crippen molar-refractivity contribution in [2.75, 3.05) is 0 Å². The van der Waals surface area contributed by atoms with Gasteiger partial charge in [-0.15, -0.1) is 0 Å². The highest BCUT2D eigenvalue weighted by Gasteiger charge is 2.16. The zero-order valence-electron chi connectivity index (χ0n) is 9.27. The quantitative estimate of drug-likeness (QED) is 0.946. The minimum Gasteiger partial charge on any atom is -0.380 e. The third-order valence-corrected chi connectivity index (χ3v) is 2.99. The second-order valence-electron chi connectivity index (χ2n) is 3.68. The van der Waals surface area contributed by atoms with E-state index in [0.717, 1.165) is 0 Å². The molecule has 0 amide bonds. The lowest BCUT2D eigenvalue weighted by atomic mass is 10.1. The molecule has 17 heavy (non-hydrogen) atoms. The van der Waals surface area contributed by atoms with Crippen LogP contribution in [-0.4, -0.2) is 14.7 Å². The van der Waals surface area contributed by atoms with Crippen LogP contribution in [0.2, 0.25) is 0 Å². The average Bonchev–Trinajstić information content (AvgIpc) is 2.74. The average molecular weight is 299 g/mol. The minimum absolute atomic E-state index is 0.386. The molecule has 0 radical (unpaired) electrons. The Balaban J connectivity index is 2.39. The van der Waals surface area contributed by atoms with Crippen LogP contribution < -0.4 is 0 Å². The summed E-state index contributed by atoms with van der Waals surface area (Å²) in [6.45, 7) is 2.67. The van der Waals surface area contributed by atoms with Gasteiger partial charge in [-0.3, -0.25) is 0 Å². The van der Waals surface area contributed by atoms with Crippen molar-refractivity contribution in [3.63, 3.8) is 0 Å². The van der Waals surface area contributed by atoms with Crippen LogP contribution in [0.4, 0.5) is 4.39 Å². The van der Waals surface area contributed by atoms with Crippen LogP contribution in [0.5, 0.6) is 0 Å². The molecule has 0 aliphatic heterocycles. The molecule has 1 atom stereocenters. The van der Waals surface area contributed by atoms with Gasteiger partial charge >= 0.3 is 0 Å². The molecular formula is C12H12BrFN2O. The number of hydrogen-bond acceptors (Lipinski definition) is 2. The van der Waals surface area contributed by atoms with Gasteiger partial charge in [0.1, 0.15) is 17.7 Å². The molecule has 1 heterocycles. The topological polar surface area (TPSA) is 38.0 Å². The van der Waals surface area contributed by atoms with E-state index in [0.29, 0.717) is 22.4 Å². The first kappa shape index (κ1) is 12.3. The van der Waals surface area contributed by atoms with Crippen molar-refractivity contribution in [3.05, 3.63) is 52.3 Å². The van der Waals surface area contributed by atoms with Gasteiger partial charge in [0, 0.05) is 23.4 Å². The first-order valence-electron chi connectivity index (χ1n) is 5.27. The fourth-order valence-corrected chi connectivity index (χ4v) is 2.20. The van der Waals surface area contributed by atoms with Gasteiger partial charge < -0.3 is 9.67 Å². The predicted molar refractivity (Wildman–Crippen MR) is 66.1 cm³/mol. The summed E-state index contributed by atoms with van der Waals surface area (Å²) in [6, 6.07) is 4.34. The zero-order valence-corrected chi connectivity index (χ0v) is 10.9. The largest absolute Gasteiger partial charge is 0.380 e. The summed E-state index contributed by atoms with van der Waals surface area (Å²) in [5, 5.41) is 10.2. The van der Waals surface area contributed by atoms with Crippen LogP contribution in [0.25, 0.3) is 0 Å². The fraction of sp³-hybridized carbons (Fsp3) is 0.250. The minimum atomic E-state index is -0.919. The maximum atomic E-state index is 13.2. The van der Waals surface area contributed by atoms with Crippen LogP contribution >= 0.6 is 15.9 Å². The molecule has 2 rings (SSSR count). The number of imidazole rings is 1. The highest BCUT2D eigenvalue weighted by molar-refractivity contribution is 9.10. The summed E-state index contributed by atoms with van der Waals surface area (Å²) in [6.07, 6.45) is 2.49. The van der Waals surface area contributed by atoms with Crippen molar-refractivity contribution in [2.24, 2.45) is 0 Å². The second kappa shape index (κ2) is 4.98. The molecule has 2 aromatic rings. The van der Waals surface area contributed by atoms with Gasteiger partial charge in [-0.2, -0.15) is 0 Å². The van der Waals surface area contributed by atoms with Crippen LogP contribution in [-0.2, 0) is 6.54 Å². The smallest absolute Gasteiger partial charge is 0.142 e. The first-order valence-corrected chi connectivity index (χ1v) is 6.06. The number of rotatable bonds is 3. The van der Waals surface area contributed by atoms with Gasteiger partial charge in [0.05, 0.1) is 0 Å². The molecule has 0 saturated heterocycles. The van der Waals surface area contributed by atoms with E-state index < -0.39 is 6.10 Å². The lowest BCUT2D eigenvalue weighted by Gasteiger charge is -2.12. The highest BCUT2D eigenvalue weighted by atomic mass is 79.9. The van der Waals surface area contributed by atoms with E-state index >= 15 is 0 Å². The summed E-state index contributed by atoms with van der Waals surface area (Å²) in [7, 11) is 0. The third kappa shape index (κ3) is 2.56. The summed E-state index contributed by atoms with van der Waals surface area (Å²) >= 11 is 3.20. The lowest BCUT2D eigenvalue weighted by molar-refractivity contribution is 0.204. The molecule has 90 valence electrons. The number of aryl methyl sites for hydroxylation is 1. The van der Waals surface area contributed by atoms with Crippen molar-refractivity contribution in [1.29, 1.82) is 0 Å². The molecule has 1 unspecified atom stereocenters. The maximum absolute atomic E-state index is 13.2. The van der Waals surface area contributed by atoms with E-state index in [-0.39, 0.29) is 5.82 Å². The van der Waals surface area contributed by atoms with Gasteiger partial charge in [-0.25, -0.2) is 9.37 Å². The number of aliphatic hydroxyl groups is 1. The lowest BCUT2D eigenvalue weighted by Crippen LogP contribution is -2.09. The van der Waals surface area contributed by atoms with E-state index in [4.69, 9.17) is 0 Å². The van der Waals surface area contributed by atoms with Crippen LogP contribution in [0.15, 0.2) is 35.1 Å². The maximum Gasteiger partial charge on any atom is 0.142 e. The fourth-order valence-electron chi connectivity index (χ4n) is 1.72. The van der Waals surface area contributed by atoms with Crippen LogP contribution in [0.3, 0.4) is 0 Å². The number of hydrogen-bond donors (Lipinski definition) is 1.